The lowest BCUT2D eigenvalue weighted by atomic mass is 10.1. The highest BCUT2D eigenvalue weighted by atomic mass is 16.5. The largest absolute Gasteiger partial charge is 0.495 e. The van der Waals surface area contributed by atoms with Gasteiger partial charge in [-0.2, -0.15) is 0 Å². The minimum absolute atomic E-state index is 0.108. The van der Waals surface area contributed by atoms with Gasteiger partial charge in [0.1, 0.15) is 5.75 Å². The molecule has 0 unspecified atom stereocenters. The van der Waals surface area contributed by atoms with Crippen molar-refractivity contribution in [3.8, 4) is 5.75 Å². The van der Waals surface area contributed by atoms with Gasteiger partial charge in [-0.3, -0.25) is 4.79 Å². The summed E-state index contributed by atoms with van der Waals surface area (Å²) in [5.74, 6) is 0.544. The van der Waals surface area contributed by atoms with Crippen LogP contribution in [-0.4, -0.2) is 19.6 Å². The maximum atomic E-state index is 12.1. The minimum Gasteiger partial charge on any atom is -0.495 e. The van der Waals surface area contributed by atoms with Crippen LogP contribution in [0.25, 0.3) is 0 Å². The van der Waals surface area contributed by atoms with Crippen LogP contribution in [0.5, 0.6) is 5.75 Å². The molecule has 0 aliphatic carbocycles. The second kappa shape index (κ2) is 6.98. The molecular formula is C18H22N2O2. The average molecular weight is 298 g/mol. The SMILES string of the molecule is COc1ccccc1NC(=O)CNc1c(C)cc(C)cc1C. The van der Waals surface area contributed by atoms with Gasteiger partial charge in [-0.15, -0.1) is 0 Å². The van der Waals surface area contributed by atoms with E-state index in [9.17, 15) is 4.79 Å². The first-order chi connectivity index (χ1) is 10.5. The number of nitrogens with one attached hydrogen (secondary N) is 2. The van der Waals surface area contributed by atoms with Gasteiger partial charge >= 0.3 is 0 Å². The molecule has 4 nitrogen and oxygen atoms in total. The molecule has 0 aliphatic heterocycles. The first-order valence-corrected chi connectivity index (χ1v) is 7.26. The lowest BCUT2D eigenvalue weighted by molar-refractivity contribution is -0.114. The van der Waals surface area contributed by atoms with Gasteiger partial charge in [0, 0.05) is 5.69 Å². The van der Waals surface area contributed by atoms with E-state index in [-0.39, 0.29) is 12.5 Å². The molecule has 2 rings (SSSR count). The average Bonchev–Trinajstić information content (AvgIpc) is 2.46. The van der Waals surface area contributed by atoms with Crippen LogP contribution in [0.1, 0.15) is 16.7 Å². The molecule has 0 saturated carbocycles. The number of anilines is 2. The number of carbonyl (C=O) groups is 1. The van der Waals surface area contributed by atoms with E-state index in [1.807, 2.05) is 38.1 Å². The van der Waals surface area contributed by atoms with Crippen molar-refractivity contribution >= 4 is 17.3 Å². The lowest BCUT2D eigenvalue weighted by Gasteiger charge is -2.14. The zero-order valence-corrected chi connectivity index (χ0v) is 13.5. The topological polar surface area (TPSA) is 50.4 Å². The van der Waals surface area contributed by atoms with Gasteiger partial charge in [-0.1, -0.05) is 29.8 Å². The van der Waals surface area contributed by atoms with Crippen LogP contribution in [0, 0.1) is 20.8 Å². The van der Waals surface area contributed by atoms with E-state index in [1.54, 1.807) is 7.11 Å². The van der Waals surface area contributed by atoms with Gasteiger partial charge in [0.05, 0.1) is 19.3 Å². The fraction of sp³-hybridized carbons (Fsp3) is 0.278. The van der Waals surface area contributed by atoms with E-state index < -0.39 is 0 Å². The molecule has 2 N–H and O–H groups in total. The molecule has 4 heteroatoms. The molecule has 116 valence electrons. The Morgan fingerprint density at radius 3 is 2.36 bits per heavy atom. The van der Waals surface area contributed by atoms with Crippen LogP contribution in [0.15, 0.2) is 36.4 Å². The van der Waals surface area contributed by atoms with E-state index in [0.29, 0.717) is 11.4 Å². The fourth-order valence-electron chi connectivity index (χ4n) is 2.57. The van der Waals surface area contributed by atoms with Gasteiger partial charge in [0.25, 0.3) is 0 Å². The van der Waals surface area contributed by atoms with Crippen LogP contribution in [-0.2, 0) is 4.79 Å². The maximum Gasteiger partial charge on any atom is 0.243 e. The quantitative estimate of drug-likeness (QED) is 0.885. The van der Waals surface area contributed by atoms with Gasteiger partial charge in [-0.25, -0.2) is 0 Å². The monoisotopic (exact) mass is 298 g/mol. The first-order valence-electron chi connectivity index (χ1n) is 7.26. The molecule has 0 heterocycles. The Kier molecular flexibility index (Phi) is 5.04. The fourth-order valence-corrected chi connectivity index (χ4v) is 2.57. The normalized spacial score (nSPS) is 10.2. The molecule has 0 aromatic heterocycles. The van der Waals surface area contributed by atoms with Gasteiger partial charge in [-0.05, 0) is 44.0 Å². The van der Waals surface area contributed by atoms with Crippen molar-refractivity contribution in [2.75, 3.05) is 24.3 Å². The van der Waals surface area contributed by atoms with Crippen LogP contribution in [0.3, 0.4) is 0 Å². The molecule has 1 amide bonds. The standard InChI is InChI=1S/C18H22N2O2/c1-12-9-13(2)18(14(3)10-12)19-11-17(21)20-15-7-5-6-8-16(15)22-4/h5-10,19H,11H2,1-4H3,(H,20,21). The number of amides is 1. The number of hydrogen-bond acceptors (Lipinski definition) is 3. The highest BCUT2D eigenvalue weighted by molar-refractivity contribution is 5.95. The summed E-state index contributed by atoms with van der Waals surface area (Å²) in [4.78, 5) is 12.1. The zero-order valence-electron chi connectivity index (χ0n) is 13.5. The number of rotatable bonds is 5. The number of aryl methyl sites for hydroxylation is 3. The van der Waals surface area contributed by atoms with E-state index in [4.69, 9.17) is 4.74 Å². The van der Waals surface area contributed by atoms with Crippen LogP contribution in [0.4, 0.5) is 11.4 Å². The molecule has 0 atom stereocenters. The summed E-state index contributed by atoms with van der Waals surface area (Å²) in [6.07, 6.45) is 0. The molecule has 0 aliphatic rings. The van der Waals surface area contributed by atoms with Gasteiger partial charge in [0.15, 0.2) is 0 Å². The predicted octanol–water partition coefficient (Wildman–Crippen LogP) is 3.67. The highest BCUT2D eigenvalue weighted by Crippen LogP contribution is 2.24. The van der Waals surface area contributed by atoms with E-state index in [2.05, 4.69) is 29.7 Å². The maximum absolute atomic E-state index is 12.1. The van der Waals surface area contributed by atoms with Crippen molar-refractivity contribution < 1.29 is 9.53 Å². The Morgan fingerprint density at radius 1 is 1.09 bits per heavy atom. The Morgan fingerprint density at radius 2 is 1.73 bits per heavy atom. The van der Waals surface area contributed by atoms with Gasteiger partial charge < -0.3 is 15.4 Å². The molecule has 22 heavy (non-hydrogen) atoms. The van der Waals surface area contributed by atoms with Crippen LogP contribution < -0.4 is 15.4 Å². The number of carbonyl (C=O) groups excluding carboxylic acids is 1. The molecule has 0 saturated heterocycles. The number of methoxy groups -OCH3 is 1. The van der Waals surface area contributed by atoms with E-state index in [0.717, 1.165) is 16.8 Å². The van der Waals surface area contributed by atoms with Crippen molar-refractivity contribution in [3.63, 3.8) is 0 Å². The van der Waals surface area contributed by atoms with Crippen molar-refractivity contribution in [2.24, 2.45) is 0 Å². The predicted molar refractivity (Wildman–Crippen MR) is 90.8 cm³/mol. The smallest absolute Gasteiger partial charge is 0.243 e. The number of benzene rings is 2. The Hall–Kier alpha value is -2.49. The van der Waals surface area contributed by atoms with Crippen LogP contribution >= 0.6 is 0 Å². The molecule has 2 aromatic rings. The van der Waals surface area contributed by atoms with E-state index in [1.165, 1.54) is 5.56 Å². The molecule has 2 aromatic carbocycles. The highest BCUT2D eigenvalue weighted by Gasteiger charge is 2.09. The zero-order chi connectivity index (χ0) is 16.1. The summed E-state index contributed by atoms with van der Waals surface area (Å²) < 4.78 is 5.23. The molecule has 0 spiro atoms. The van der Waals surface area contributed by atoms with E-state index >= 15 is 0 Å². The summed E-state index contributed by atoms with van der Waals surface area (Å²) >= 11 is 0. The third-order valence-electron chi connectivity index (χ3n) is 3.48. The second-order valence-corrected chi connectivity index (χ2v) is 5.38. The Bertz CT molecular complexity index is 658. The number of ether oxygens (including phenoxy) is 1. The van der Waals surface area contributed by atoms with Crippen molar-refractivity contribution in [1.82, 2.24) is 0 Å². The van der Waals surface area contributed by atoms with Crippen LogP contribution in [0.2, 0.25) is 0 Å². The summed E-state index contributed by atoms with van der Waals surface area (Å²) in [6, 6.07) is 11.6. The molecular weight excluding hydrogens is 276 g/mol. The number of para-hydroxylation sites is 2. The molecule has 0 radical (unpaired) electrons. The third kappa shape index (κ3) is 3.79. The molecule has 0 bridgehead atoms. The second-order valence-electron chi connectivity index (χ2n) is 5.38. The summed E-state index contributed by atoms with van der Waals surface area (Å²) in [6.45, 7) is 6.36. The van der Waals surface area contributed by atoms with Gasteiger partial charge in [0.2, 0.25) is 5.91 Å². The summed E-state index contributed by atoms with van der Waals surface area (Å²) in [7, 11) is 1.59. The van der Waals surface area contributed by atoms with Crippen molar-refractivity contribution in [2.45, 2.75) is 20.8 Å². The third-order valence-corrected chi connectivity index (χ3v) is 3.48. The summed E-state index contributed by atoms with van der Waals surface area (Å²) in [5.41, 5.74) is 5.19. The molecule has 0 fully saturated rings. The minimum atomic E-state index is -0.108. The summed E-state index contributed by atoms with van der Waals surface area (Å²) in [5, 5.41) is 6.07. The lowest BCUT2D eigenvalue weighted by Crippen LogP contribution is -2.22. The first kappa shape index (κ1) is 15.9. The van der Waals surface area contributed by atoms with Crippen molar-refractivity contribution in [1.29, 1.82) is 0 Å². The Labute approximate surface area is 131 Å². The number of hydrogen-bond donors (Lipinski definition) is 2. The Balaban J connectivity index is 2.02. The van der Waals surface area contributed by atoms with Crippen molar-refractivity contribution in [3.05, 3.63) is 53.1 Å².